The van der Waals surface area contributed by atoms with Crippen LogP contribution >= 0.6 is 11.6 Å². The summed E-state index contributed by atoms with van der Waals surface area (Å²) in [7, 11) is 0. The van der Waals surface area contributed by atoms with E-state index in [1.807, 2.05) is 18.2 Å². The average molecular weight is 513 g/mol. The van der Waals surface area contributed by atoms with Gasteiger partial charge in [-0.25, -0.2) is 8.78 Å². The van der Waals surface area contributed by atoms with E-state index in [1.165, 1.54) is 17.7 Å². The Kier molecular flexibility index (Phi) is 8.36. The molecule has 1 heterocycles. The summed E-state index contributed by atoms with van der Waals surface area (Å²) in [4.78, 5) is 13.0. The SMILES string of the molecule is CCc1cccc(CNC[C@H](O)[C@@H](Cc2cc(F)cc(F)c2)NC(=O)c2cc3cc(Cl)ccc3o2)c1. The van der Waals surface area contributed by atoms with Gasteiger partial charge >= 0.3 is 0 Å². The van der Waals surface area contributed by atoms with Gasteiger partial charge in [0.1, 0.15) is 17.2 Å². The second kappa shape index (κ2) is 11.6. The first-order chi connectivity index (χ1) is 17.3. The molecule has 36 heavy (non-hydrogen) atoms. The van der Waals surface area contributed by atoms with Crippen molar-refractivity contribution in [1.82, 2.24) is 10.6 Å². The van der Waals surface area contributed by atoms with Gasteiger partial charge in [0.2, 0.25) is 0 Å². The number of nitrogens with one attached hydrogen (secondary N) is 2. The normalized spacial score (nSPS) is 13.0. The van der Waals surface area contributed by atoms with Crippen LogP contribution in [0.5, 0.6) is 0 Å². The van der Waals surface area contributed by atoms with Crippen molar-refractivity contribution in [2.45, 2.75) is 38.5 Å². The van der Waals surface area contributed by atoms with Crippen LogP contribution in [-0.4, -0.2) is 29.7 Å². The predicted molar refractivity (Wildman–Crippen MR) is 136 cm³/mol. The fourth-order valence-electron chi connectivity index (χ4n) is 4.10. The number of amides is 1. The lowest BCUT2D eigenvalue weighted by Crippen LogP contribution is -2.48. The fraction of sp³-hybridized carbons (Fsp3) is 0.250. The highest BCUT2D eigenvalue weighted by molar-refractivity contribution is 6.31. The van der Waals surface area contributed by atoms with Crippen molar-refractivity contribution in [3.63, 3.8) is 0 Å². The molecule has 0 unspecified atom stereocenters. The number of furan rings is 1. The molecular formula is C28H27ClF2N2O3. The first kappa shape index (κ1) is 25.8. The predicted octanol–water partition coefficient (Wildman–Crippen LogP) is 5.42. The summed E-state index contributed by atoms with van der Waals surface area (Å²) in [5.74, 6) is -1.97. The second-order valence-electron chi connectivity index (χ2n) is 8.73. The standard InChI is InChI=1S/C28H27ClF2N2O3/c1-2-17-4-3-5-18(8-17)15-32-16-25(34)24(11-19-9-22(30)14-23(31)10-19)33-28(35)27-13-20-12-21(29)6-7-26(20)36-27/h3-10,12-14,24-25,32,34H,2,11,15-16H2,1H3,(H,33,35)/t24-,25+/m1/s1. The summed E-state index contributed by atoms with van der Waals surface area (Å²) in [6, 6.07) is 17.0. The maximum Gasteiger partial charge on any atom is 0.287 e. The molecule has 0 aliphatic rings. The summed E-state index contributed by atoms with van der Waals surface area (Å²) in [5, 5.41) is 18.1. The van der Waals surface area contributed by atoms with E-state index in [9.17, 15) is 18.7 Å². The van der Waals surface area contributed by atoms with E-state index in [-0.39, 0.29) is 18.7 Å². The summed E-state index contributed by atoms with van der Waals surface area (Å²) in [6.07, 6.45) is -0.114. The Morgan fingerprint density at radius 2 is 1.75 bits per heavy atom. The Morgan fingerprint density at radius 3 is 2.50 bits per heavy atom. The maximum atomic E-state index is 13.8. The van der Waals surface area contributed by atoms with Gasteiger partial charge in [0.15, 0.2) is 5.76 Å². The summed E-state index contributed by atoms with van der Waals surface area (Å²) < 4.78 is 33.2. The third kappa shape index (κ3) is 6.69. The highest BCUT2D eigenvalue weighted by Crippen LogP contribution is 2.23. The number of aliphatic hydroxyl groups excluding tert-OH is 1. The Bertz CT molecular complexity index is 1340. The number of hydrogen-bond donors (Lipinski definition) is 3. The molecule has 0 saturated carbocycles. The minimum absolute atomic E-state index is 0.0145. The summed E-state index contributed by atoms with van der Waals surface area (Å²) in [6.45, 7) is 2.74. The Morgan fingerprint density at radius 1 is 1.00 bits per heavy atom. The molecule has 0 aliphatic carbocycles. The van der Waals surface area contributed by atoms with Crippen molar-refractivity contribution in [3.8, 4) is 0 Å². The molecule has 2 atom stereocenters. The number of carbonyl (C=O) groups excluding carboxylic acids is 1. The fourth-order valence-corrected chi connectivity index (χ4v) is 4.28. The second-order valence-corrected chi connectivity index (χ2v) is 9.16. The molecule has 0 radical (unpaired) electrons. The molecule has 0 spiro atoms. The summed E-state index contributed by atoms with van der Waals surface area (Å²) in [5.41, 5.74) is 3.07. The van der Waals surface area contributed by atoms with Crippen LogP contribution in [0.25, 0.3) is 11.0 Å². The minimum Gasteiger partial charge on any atom is -0.451 e. The zero-order chi connectivity index (χ0) is 25.7. The van der Waals surface area contributed by atoms with E-state index < -0.39 is 29.7 Å². The molecule has 3 aromatic carbocycles. The molecule has 0 saturated heterocycles. The number of aryl methyl sites for hydroxylation is 1. The van der Waals surface area contributed by atoms with E-state index >= 15 is 0 Å². The van der Waals surface area contributed by atoms with Gasteiger partial charge in [-0.1, -0.05) is 42.8 Å². The van der Waals surface area contributed by atoms with Gasteiger partial charge in [-0.3, -0.25) is 4.79 Å². The van der Waals surface area contributed by atoms with E-state index in [0.717, 1.165) is 18.1 Å². The van der Waals surface area contributed by atoms with Crippen molar-refractivity contribution in [3.05, 3.63) is 106 Å². The highest BCUT2D eigenvalue weighted by Gasteiger charge is 2.24. The number of hydrogen-bond acceptors (Lipinski definition) is 4. The van der Waals surface area contributed by atoms with Crippen LogP contribution in [0.1, 0.15) is 34.2 Å². The van der Waals surface area contributed by atoms with Crippen LogP contribution in [0.3, 0.4) is 0 Å². The van der Waals surface area contributed by atoms with E-state index in [0.29, 0.717) is 28.1 Å². The number of aliphatic hydroxyl groups is 1. The molecule has 1 aromatic heterocycles. The maximum absolute atomic E-state index is 13.8. The molecule has 0 bridgehead atoms. The summed E-state index contributed by atoms with van der Waals surface area (Å²) >= 11 is 6.02. The van der Waals surface area contributed by atoms with Gasteiger partial charge in [-0.05, 0) is 65.9 Å². The van der Waals surface area contributed by atoms with E-state index in [2.05, 4.69) is 23.6 Å². The topological polar surface area (TPSA) is 74.5 Å². The highest BCUT2D eigenvalue weighted by atomic mass is 35.5. The van der Waals surface area contributed by atoms with Gasteiger partial charge < -0.3 is 20.2 Å². The van der Waals surface area contributed by atoms with Crippen LogP contribution in [0.15, 0.2) is 71.1 Å². The molecule has 1 amide bonds. The molecule has 4 aromatic rings. The van der Waals surface area contributed by atoms with Gasteiger partial charge in [-0.2, -0.15) is 0 Å². The molecule has 188 valence electrons. The van der Waals surface area contributed by atoms with Crippen LogP contribution in [0.2, 0.25) is 5.02 Å². The molecule has 0 aliphatic heterocycles. The lowest BCUT2D eigenvalue weighted by Gasteiger charge is -2.24. The molecule has 0 fully saturated rings. The van der Waals surface area contributed by atoms with Crippen molar-refractivity contribution in [2.24, 2.45) is 0 Å². The van der Waals surface area contributed by atoms with Crippen LogP contribution in [0.4, 0.5) is 8.78 Å². The van der Waals surface area contributed by atoms with Gasteiger partial charge in [0.25, 0.3) is 5.91 Å². The monoisotopic (exact) mass is 512 g/mol. The molecular weight excluding hydrogens is 486 g/mol. The lowest BCUT2D eigenvalue weighted by atomic mass is 10.00. The molecule has 3 N–H and O–H groups in total. The van der Waals surface area contributed by atoms with Gasteiger partial charge in [0, 0.05) is 29.6 Å². The Balaban J connectivity index is 1.48. The van der Waals surface area contributed by atoms with Crippen LogP contribution in [0, 0.1) is 11.6 Å². The van der Waals surface area contributed by atoms with Crippen molar-refractivity contribution >= 4 is 28.5 Å². The molecule has 5 nitrogen and oxygen atoms in total. The largest absolute Gasteiger partial charge is 0.451 e. The smallest absolute Gasteiger partial charge is 0.287 e. The first-order valence-electron chi connectivity index (χ1n) is 11.7. The first-order valence-corrected chi connectivity index (χ1v) is 12.1. The van der Waals surface area contributed by atoms with Gasteiger partial charge in [-0.15, -0.1) is 0 Å². The Labute approximate surface area is 213 Å². The van der Waals surface area contributed by atoms with E-state index in [4.69, 9.17) is 16.0 Å². The molecule has 4 rings (SSSR count). The minimum atomic E-state index is -1.05. The van der Waals surface area contributed by atoms with Crippen molar-refractivity contribution in [2.75, 3.05) is 6.54 Å². The number of benzene rings is 3. The molecule has 8 heteroatoms. The number of fused-ring (bicyclic) bond motifs is 1. The Hall–Kier alpha value is -3.26. The van der Waals surface area contributed by atoms with Crippen LogP contribution in [-0.2, 0) is 19.4 Å². The van der Waals surface area contributed by atoms with Crippen molar-refractivity contribution in [1.29, 1.82) is 0 Å². The zero-order valence-electron chi connectivity index (χ0n) is 19.7. The quantitative estimate of drug-likeness (QED) is 0.265. The third-order valence-corrected chi connectivity index (χ3v) is 6.18. The average Bonchev–Trinajstić information content (AvgIpc) is 3.26. The zero-order valence-corrected chi connectivity index (χ0v) is 20.5. The number of halogens is 3. The third-order valence-electron chi connectivity index (χ3n) is 5.94. The number of carbonyl (C=O) groups is 1. The van der Waals surface area contributed by atoms with E-state index in [1.54, 1.807) is 24.3 Å². The van der Waals surface area contributed by atoms with Crippen molar-refractivity contribution < 1.29 is 23.1 Å². The number of rotatable bonds is 10. The lowest BCUT2D eigenvalue weighted by molar-refractivity contribution is 0.0806. The van der Waals surface area contributed by atoms with Crippen LogP contribution < -0.4 is 10.6 Å². The van der Waals surface area contributed by atoms with Gasteiger partial charge in [0.05, 0.1) is 12.1 Å².